The van der Waals surface area contributed by atoms with Gasteiger partial charge in [0.15, 0.2) is 0 Å². The molecule has 0 aliphatic carbocycles. The molecule has 0 radical (unpaired) electrons. The van der Waals surface area contributed by atoms with Gasteiger partial charge in [0.2, 0.25) is 0 Å². The number of phenols is 2. The second-order valence-electron chi connectivity index (χ2n) is 17.9. The minimum absolute atomic E-state index is 0. The molecule has 6 aromatic rings. The van der Waals surface area contributed by atoms with Crippen LogP contribution in [-0.4, -0.2) is 68.4 Å². The number of phenolic OH excluding ortho intramolecular Hbond substituents is 2. The minimum atomic E-state index is -0.198. The van der Waals surface area contributed by atoms with Crippen LogP contribution < -0.4 is 0 Å². The number of aromatic hydroxyl groups is 2. The van der Waals surface area contributed by atoms with Crippen molar-refractivity contribution >= 4 is 45.3 Å². The molecule has 0 aliphatic heterocycles. The van der Waals surface area contributed by atoms with Crippen LogP contribution in [0.15, 0.2) is 60.7 Å². The fraction of sp³-hybridized carbons (Fsp3) is 0.455. The van der Waals surface area contributed by atoms with Crippen LogP contribution >= 0.6 is 23.2 Å². The van der Waals surface area contributed by atoms with Gasteiger partial charge in [-0.1, -0.05) is 118 Å². The molecule has 2 aromatic heterocycles. The number of nitrogens with zero attached hydrogens (tertiary/aromatic N) is 8. The van der Waals surface area contributed by atoms with Gasteiger partial charge in [-0.15, -0.1) is 30.0 Å². The standard InChI is InChI=1S/2C20H24ClN3O.2C2H6N.Zr/c2*1-19(2,3)12-9-14(20(4,5)6)18(25)17(10-12)24-22-15-8-7-13(21)11-16(15)23-24;2*1-3-2;/h2*7-11,25H,1-6H3;2*1-2H3;/q;;2*-1;+2. The van der Waals surface area contributed by atoms with Gasteiger partial charge >= 0.3 is 26.2 Å². The SMILES string of the molecule is CC(C)(C)c1cc(-n2nc3ccc(Cl)cc3n2)c(O)c(C(C)(C)C)c1.CC(C)(C)c1cc(-n2nc3ccc(Cl)cc3n2)c(O)c(C(C)(C)C)c1.C[N-]C.C[N-]C.[Zr+2]. The molecular formula is C44H60Cl2N8O2Zr. The Labute approximate surface area is 368 Å². The molecule has 2 N–H and O–H groups in total. The predicted octanol–water partition coefficient (Wildman–Crippen LogP) is 12.0. The summed E-state index contributed by atoms with van der Waals surface area (Å²) in [5, 5.41) is 48.1. The Hall–Kier alpha value is -3.34. The fourth-order valence-electron chi connectivity index (χ4n) is 5.54. The first-order chi connectivity index (χ1) is 25.8. The summed E-state index contributed by atoms with van der Waals surface area (Å²) in [4.78, 5) is 3.00. The second-order valence-corrected chi connectivity index (χ2v) is 18.8. The number of aromatic nitrogens is 6. The number of rotatable bonds is 2. The van der Waals surface area contributed by atoms with E-state index in [0.717, 1.165) is 33.3 Å². The Morgan fingerprint density at radius 3 is 1.00 bits per heavy atom. The van der Waals surface area contributed by atoms with Crippen LogP contribution in [0.1, 0.15) is 105 Å². The first kappa shape index (κ1) is 49.8. The Balaban J connectivity index is 0.000000341. The van der Waals surface area contributed by atoms with E-state index in [0.29, 0.717) is 32.5 Å². The number of hydrogen-bond donors (Lipinski definition) is 2. The Morgan fingerprint density at radius 2 is 0.737 bits per heavy atom. The molecule has 0 bridgehead atoms. The van der Waals surface area contributed by atoms with Gasteiger partial charge in [0.05, 0.1) is 0 Å². The maximum Gasteiger partial charge on any atom is 2.00 e. The van der Waals surface area contributed by atoms with Gasteiger partial charge in [-0.2, -0.15) is 28.2 Å². The molecule has 306 valence electrons. The molecule has 0 atom stereocenters. The van der Waals surface area contributed by atoms with Crippen molar-refractivity contribution in [2.45, 2.75) is 105 Å². The van der Waals surface area contributed by atoms with Crippen molar-refractivity contribution in [3.63, 3.8) is 0 Å². The van der Waals surface area contributed by atoms with Gasteiger partial charge in [0, 0.05) is 21.2 Å². The molecular weight excluding hydrogens is 835 g/mol. The molecule has 0 spiro atoms. The molecule has 0 amide bonds. The van der Waals surface area contributed by atoms with Crippen LogP contribution in [0.2, 0.25) is 10.0 Å². The zero-order chi connectivity index (χ0) is 42.6. The molecule has 2 heterocycles. The Bertz CT molecular complexity index is 2100. The summed E-state index contributed by atoms with van der Waals surface area (Å²) in [6, 6.07) is 18.9. The normalized spacial score (nSPS) is 11.8. The van der Waals surface area contributed by atoms with Crippen LogP contribution in [0.25, 0.3) is 44.1 Å². The number of benzene rings is 4. The fourth-order valence-corrected chi connectivity index (χ4v) is 5.88. The summed E-state index contributed by atoms with van der Waals surface area (Å²) < 4.78 is 0. The van der Waals surface area contributed by atoms with Gasteiger partial charge < -0.3 is 20.8 Å². The zero-order valence-electron chi connectivity index (χ0n) is 36.5. The van der Waals surface area contributed by atoms with E-state index in [1.54, 1.807) is 52.5 Å². The average molecular weight is 895 g/mol. The summed E-state index contributed by atoms with van der Waals surface area (Å²) in [6.45, 7) is 25.5. The second kappa shape index (κ2) is 19.6. The molecule has 0 aliphatic rings. The van der Waals surface area contributed by atoms with E-state index in [1.807, 2.05) is 24.3 Å². The van der Waals surface area contributed by atoms with Crippen LogP contribution in [0.5, 0.6) is 11.5 Å². The van der Waals surface area contributed by atoms with Crippen molar-refractivity contribution in [2.24, 2.45) is 0 Å². The summed E-state index contributed by atoms with van der Waals surface area (Å²) in [5.41, 5.74) is 7.57. The van der Waals surface area contributed by atoms with E-state index < -0.39 is 0 Å². The van der Waals surface area contributed by atoms with Gasteiger partial charge in [-0.25, -0.2) is 0 Å². The molecule has 4 aromatic carbocycles. The van der Waals surface area contributed by atoms with Crippen molar-refractivity contribution in [1.82, 2.24) is 30.0 Å². The van der Waals surface area contributed by atoms with E-state index >= 15 is 0 Å². The molecule has 6 rings (SSSR count). The van der Waals surface area contributed by atoms with Crippen molar-refractivity contribution < 1.29 is 36.4 Å². The van der Waals surface area contributed by atoms with E-state index in [9.17, 15) is 10.2 Å². The van der Waals surface area contributed by atoms with Gasteiger partial charge in [0.1, 0.15) is 44.9 Å². The zero-order valence-corrected chi connectivity index (χ0v) is 40.5. The third-order valence-electron chi connectivity index (χ3n) is 8.64. The number of hydrogen-bond acceptors (Lipinski definition) is 6. The third kappa shape index (κ3) is 12.8. The van der Waals surface area contributed by atoms with Crippen molar-refractivity contribution in [3.8, 4) is 22.9 Å². The van der Waals surface area contributed by atoms with E-state index in [4.69, 9.17) is 23.2 Å². The first-order valence-corrected chi connectivity index (χ1v) is 19.3. The molecule has 10 nitrogen and oxygen atoms in total. The Morgan fingerprint density at radius 1 is 0.456 bits per heavy atom. The van der Waals surface area contributed by atoms with E-state index in [1.165, 1.54) is 9.59 Å². The average Bonchev–Trinajstić information content (AvgIpc) is 3.67. The number of halogens is 2. The first-order valence-electron chi connectivity index (χ1n) is 18.5. The summed E-state index contributed by atoms with van der Waals surface area (Å²) in [5.74, 6) is 0.429. The van der Waals surface area contributed by atoms with Crippen molar-refractivity contribution in [2.75, 3.05) is 28.2 Å². The molecule has 57 heavy (non-hydrogen) atoms. The molecule has 0 saturated heterocycles. The summed E-state index contributed by atoms with van der Waals surface area (Å²) >= 11 is 12.1. The van der Waals surface area contributed by atoms with Crippen molar-refractivity contribution in [3.05, 3.63) is 104 Å². The maximum atomic E-state index is 10.9. The largest absolute Gasteiger partial charge is 2.00 e. The minimum Gasteiger partial charge on any atom is -0.668 e. The monoisotopic (exact) mass is 892 g/mol. The van der Waals surface area contributed by atoms with E-state index in [2.05, 4.69) is 126 Å². The summed E-state index contributed by atoms with van der Waals surface area (Å²) in [7, 11) is 7.00. The molecule has 13 heteroatoms. The van der Waals surface area contributed by atoms with Crippen LogP contribution in [-0.2, 0) is 47.9 Å². The van der Waals surface area contributed by atoms with Crippen LogP contribution in [0, 0.1) is 0 Å². The van der Waals surface area contributed by atoms with Crippen LogP contribution in [0.4, 0.5) is 0 Å². The molecule has 0 unspecified atom stereocenters. The number of fused-ring (bicyclic) bond motifs is 2. The van der Waals surface area contributed by atoms with Gasteiger partial charge in [0.25, 0.3) is 0 Å². The third-order valence-corrected chi connectivity index (χ3v) is 9.11. The van der Waals surface area contributed by atoms with Crippen molar-refractivity contribution in [1.29, 1.82) is 0 Å². The van der Waals surface area contributed by atoms with E-state index in [-0.39, 0.29) is 59.4 Å². The van der Waals surface area contributed by atoms with Crippen LogP contribution in [0.3, 0.4) is 0 Å². The topological polar surface area (TPSA) is 130 Å². The quantitative estimate of drug-likeness (QED) is 0.178. The predicted molar refractivity (Wildman–Crippen MR) is 236 cm³/mol. The summed E-state index contributed by atoms with van der Waals surface area (Å²) in [6.07, 6.45) is 0. The Kier molecular flexibility index (Phi) is 17.1. The van der Waals surface area contributed by atoms with Gasteiger partial charge in [-0.3, -0.25) is 0 Å². The smallest absolute Gasteiger partial charge is 0.668 e. The molecule has 0 fully saturated rings. The van der Waals surface area contributed by atoms with Gasteiger partial charge in [-0.05, 0) is 81.3 Å². The molecule has 0 saturated carbocycles. The maximum absolute atomic E-state index is 10.9.